The molecule has 0 aliphatic heterocycles. The Labute approximate surface area is 193 Å². The van der Waals surface area contributed by atoms with Gasteiger partial charge in [0, 0.05) is 11.1 Å². The SMILES string of the molecule is COc1ccc(S(=O)(=O)NC(C)C)cc1NC(=O)CN(c1cc(Cl)ccc1C)S(C)(=O)=O. The molecule has 2 rings (SSSR count). The zero-order valence-corrected chi connectivity index (χ0v) is 20.7. The van der Waals surface area contributed by atoms with Gasteiger partial charge in [-0.3, -0.25) is 9.10 Å². The number of sulfonamides is 2. The monoisotopic (exact) mass is 503 g/mol. The molecule has 0 saturated heterocycles. The molecule has 2 aromatic carbocycles. The molecule has 0 saturated carbocycles. The van der Waals surface area contributed by atoms with Crippen molar-refractivity contribution in [2.75, 3.05) is 29.5 Å². The van der Waals surface area contributed by atoms with Gasteiger partial charge in [0.1, 0.15) is 12.3 Å². The van der Waals surface area contributed by atoms with Crippen molar-refractivity contribution < 1.29 is 26.4 Å². The molecule has 9 nitrogen and oxygen atoms in total. The maximum absolute atomic E-state index is 12.8. The van der Waals surface area contributed by atoms with Crippen LogP contribution in [0, 0.1) is 6.92 Å². The van der Waals surface area contributed by atoms with Crippen LogP contribution >= 0.6 is 11.6 Å². The lowest BCUT2D eigenvalue weighted by Crippen LogP contribution is -2.38. The van der Waals surface area contributed by atoms with Crippen LogP contribution < -0.4 is 19.1 Å². The smallest absolute Gasteiger partial charge is 0.245 e. The van der Waals surface area contributed by atoms with Crippen molar-refractivity contribution in [2.45, 2.75) is 31.7 Å². The van der Waals surface area contributed by atoms with Gasteiger partial charge in [-0.2, -0.15) is 0 Å². The van der Waals surface area contributed by atoms with Gasteiger partial charge >= 0.3 is 0 Å². The van der Waals surface area contributed by atoms with E-state index in [-0.39, 0.29) is 28.1 Å². The fourth-order valence-corrected chi connectivity index (χ4v) is 5.23. The first kappa shape index (κ1) is 25.9. The second-order valence-electron chi connectivity index (χ2n) is 7.39. The molecule has 0 unspecified atom stereocenters. The van der Waals surface area contributed by atoms with Crippen LogP contribution in [0.5, 0.6) is 5.75 Å². The fraction of sp³-hybridized carbons (Fsp3) is 0.350. The molecule has 0 aliphatic carbocycles. The van der Waals surface area contributed by atoms with E-state index in [1.807, 2.05) is 0 Å². The summed E-state index contributed by atoms with van der Waals surface area (Å²) in [5.74, 6) is -0.480. The predicted octanol–water partition coefficient (Wildman–Crippen LogP) is 2.75. The van der Waals surface area contributed by atoms with E-state index in [9.17, 15) is 21.6 Å². The lowest BCUT2D eigenvalue weighted by molar-refractivity contribution is -0.114. The largest absolute Gasteiger partial charge is 0.495 e. The zero-order valence-electron chi connectivity index (χ0n) is 18.3. The van der Waals surface area contributed by atoms with Gasteiger partial charge in [0.15, 0.2) is 0 Å². The van der Waals surface area contributed by atoms with Gasteiger partial charge in [-0.25, -0.2) is 21.6 Å². The number of halogens is 1. The Bertz CT molecular complexity index is 1210. The molecule has 2 aromatic rings. The number of aryl methyl sites for hydroxylation is 1. The predicted molar refractivity (Wildman–Crippen MR) is 125 cm³/mol. The first-order chi connectivity index (χ1) is 14.7. The molecule has 0 bridgehead atoms. The third-order valence-corrected chi connectivity index (χ3v) is 7.29. The fourth-order valence-electron chi connectivity index (χ4n) is 2.88. The number of nitrogens with zero attached hydrogens (tertiary/aromatic N) is 1. The summed E-state index contributed by atoms with van der Waals surface area (Å²) in [6.07, 6.45) is 0.978. The summed E-state index contributed by atoms with van der Waals surface area (Å²) in [6, 6.07) is 8.38. The van der Waals surface area contributed by atoms with E-state index in [0.29, 0.717) is 10.6 Å². The Balaban J connectivity index is 2.38. The van der Waals surface area contributed by atoms with Crippen molar-refractivity contribution in [1.29, 1.82) is 0 Å². The van der Waals surface area contributed by atoms with E-state index in [4.69, 9.17) is 16.3 Å². The van der Waals surface area contributed by atoms with Crippen molar-refractivity contribution in [3.05, 3.63) is 47.0 Å². The number of carbonyl (C=O) groups excluding carboxylic acids is 1. The second kappa shape index (κ2) is 10.1. The summed E-state index contributed by atoms with van der Waals surface area (Å²) in [4.78, 5) is 12.7. The number of carbonyl (C=O) groups is 1. The normalized spacial score (nSPS) is 12.0. The van der Waals surface area contributed by atoms with E-state index >= 15 is 0 Å². The van der Waals surface area contributed by atoms with Crippen LogP contribution in [0.3, 0.4) is 0 Å². The van der Waals surface area contributed by atoms with E-state index in [1.54, 1.807) is 32.9 Å². The van der Waals surface area contributed by atoms with Gasteiger partial charge in [-0.15, -0.1) is 0 Å². The Kier molecular flexibility index (Phi) is 8.16. The average Bonchev–Trinajstić information content (AvgIpc) is 2.66. The number of amides is 1. The highest BCUT2D eigenvalue weighted by atomic mass is 35.5. The van der Waals surface area contributed by atoms with Crippen molar-refractivity contribution >= 4 is 48.9 Å². The number of nitrogens with one attached hydrogen (secondary N) is 2. The van der Waals surface area contributed by atoms with Gasteiger partial charge in [-0.1, -0.05) is 17.7 Å². The van der Waals surface area contributed by atoms with Gasteiger partial charge in [0.25, 0.3) is 0 Å². The Morgan fingerprint density at radius 1 is 1.12 bits per heavy atom. The molecule has 0 heterocycles. The third-order valence-electron chi connectivity index (χ3n) is 4.27. The molecule has 0 atom stereocenters. The number of methoxy groups -OCH3 is 1. The van der Waals surface area contributed by atoms with Gasteiger partial charge in [0.2, 0.25) is 26.0 Å². The van der Waals surface area contributed by atoms with E-state index in [2.05, 4.69) is 10.0 Å². The molecular formula is C20H26ClN3O6S2. The van der Waals surface area contributed by atoms with Gasteiger partial charge in [0.05, 0.1) is 29.6 Å². The van der Waals surface area contributed by atoms with Crippen LogP contribution in [-0.4, -0.2) is 48.7 Å². The Morgan fingerprint density at radius 2 is 1.78 bits per heavy atom. The van der Waals surface area contributed by atoms with Crippen LogP contribution in [-0.2, 0) is 24.8 Å². The summed E-state index contributed by atoms with van der Waals surface area (Å²) >= 11 is 6.01. The molecule has 12 heteroatoms. The second-order valence-corrected chi connectivity index (χ2v) is 11.4. The summed E-state index contributed by atoms with van der Waals surface area (Å²) < 4.78 is 58.3. The molecule has 0 radical (unpaired) electrons. The van der Waals surface area contributed by atoms with Crippen molar-refractivity contribution in [1.82, 2.24) is 4.72 Å². The number of rotatable bonds is 9. The van der Waals surface area contributed by atoms with E-state index < -0.39 is 32.5 Å². The van der Waals surface area contributed by atoms with Crippen LogP contribution in [0.1, 0.15) is 19.4 Å². The minimum atomic E-state index is -3.83. The summed E-state index contributed by atoms with van der Waals surface area (Å²) in [5, 5.41) is 2.85. The zero-order chi connectivity index (χ0) is 24.3. The van der Waals surface area contributed by atoms with Crippen molar-refractivity contribution in [3.8, 4) is 5.75 Å². The lowest BCUT2D eigenvalue weighted by atomic mass is 10.2. The molecule has 0 aliphatic rings. The highest BCUT2D eigenvalue weighted by Crippen LogP contribution is 2.29. The summed E-state index contributed by atoms with van der Waals surface area (Å²) in [7, 11) is -6.28. The topological polar surface area (TPSA) is 122 Å². The van der Waals surface area contributed by atoms with Crippen LogP contribution in [0.2, 0.25) is 5.02 Å². The Hall–Kier alpha value is -2.34. The van der Waals surface area contributed by atoms with E-state index in [0.717, 1.165) is 10.6 Å². The molecule has 0 fully saturated rings. The number of hydrogen-bond acceptors (Lipinski definition) is 6. The number of ether oxygens (including phenoxy) is 1. The first-order valence-corrected chi connectivity index (χ1v) is 13.2. The van der Waals surface area contributed by atoms with Crippen LogP contribution in [0.25, 0.3) is 0 Å². The highest BCUT2D eigenvalue weighted by molar-refractivity contribution is 7.92. The average molecular weight is 504 g/mol. The maximum atomic E-state index is 12.8. The molecule has 32 heavy (non-hydrogen) atoms. The standard InChI is InChI=1S/C20H26ClN3O6S2/c1-13(2)23-32(28,29)16-8-9-19(30-4)17(11-16)22-20(25)12-24(31(5,26)27)18-10-15(21)7-6-14(18)3/h6-11,13,23H,12H2,1-5H3,(H,22,25). The summed E-state index contributed by atoms with van der Waals surface area (Å²) in [5.41, 5.74) is 0.957. The van der Waals surface area contributed by atoms with Crippen molar-refractivity contribution in [3.63, 3.8) is 0 Å². The maximum Gasteiger partial charge on any atom is 0.245 e. The quantitative estimate of drug-likeness (QED) is 0.542. The number of benzene rings is 2. The van der Waals surface area contributed by atoms with Crippen LogP contribution in [0.15, 0.2) is 41.3 Å². The van der Waals surface area contributed by atoms with Crippen LogP contribution in [0.4, 0.5) is 11.4 Å². The number of anilines is 2. The minimum Gasteiger partial charge on any atom is -0.495 e. The minimum absolute atomic E-state index is 0.0760. The molecular weight excluding hydrogens is 478 g/mol. The van der Waals surface area contributed by atoms with E-state index in [1.165, 1.54) is 31.4 Å². The highest BCUT2D eigenvalue weighted by Gasteiger charge is 2.24. The molecule has 1 amide bonds. The first-order valence-electron chi connectivity index (χ1n) is 9.48. The third kappa shape index (κ3) is 6.58. The summed E-state index contributed by atoms with van der Waals surface area (Å²) in [6.45, 7) is 4.51. The molecule has 0 spiro atoms. The van der Waals surface area contributed by atoms with Gasteiger partial charge < -0.3 is 10.1 Å². The van der Waals surface area contributed by atoms with Gasteiger partial charge in [-0.05, 0) is 56.7 Å². The molecule has 176 valence electrons. The molecule has 2 N–H and O–H groups in total. The molecule has 0 aromatic heterocycles. The lowest BCUT2D eigenvalue weighted by Gasteiger charge is -2.24. The Morgan fingerprint density at radius 3 is 2.34 bits per heavy atom. The van der Waals surface area contributed by atoms with Crippen molar-refractivity contribution in [2.24, 2.45) is 0 Å². The number of hydrogen-bond donors (Lipinski definition) is 2.